The zero-order chi connectivity index (χ0) is 59.2. The third-order valence-electron chi connectivity index (χ3n) is 15.0. The van der Waals surface area contributed by atoms with Crippen LogP contribution in [0.25, 0.3) is 22.3 Å². The van der Waals surface area contributed by atoms with Gasteiger partial charge < -0.3 is 35.1 Å². The first-order valence-corrected chi connectivity index (χ1v) is 28.1. The Labute approximate surface area is 474 Å². The standard InChI is InChI=1S/C31H41N3O7.C31H39N3O6/c1-18(2)26(29(37)32-19(3)30(38)34-15-7-10-27(33-34)31(39)40)17-28(36)21(5)41-25-13-11-22(12-14-25)24-9-6-8-23(16-24)20(4)35;1-18(2)26-17-28(35)21(5)39-25-13-11-22(12-14-25)24-9-6-8-23(16-24)20(4)40-31(38)27-10-7-15-34(33-27)30(37)19(3)32-29(26)36/h6,8-9,11-14,16,18-21,26-27,33,35H,7,10,15,17H2,1-5H3,(H,32,37)(H,39,40);6,8-9,11-14,16,18-21,26-27,33H,7,10,15,17H2,1-5H3,(H,32,36)/t19-,20+,21-,26-,27-;19-,20+,21-,26?,27-/m00/s1. The molecule has 0 saturated carbocycles. The monoisotopic (exact) mass is 1120 g/mol. The van der Waals surface area contributed by atoms with Gasteiger partial charge in [-0.2, -0.15) is 0 Å². The molecule has 4 aromatic carbocycles. The summed E-state index contributed by atoms with van der Waals surface area (Å²) in [6, 6.07) is 26.9. The van der Waals surface area contributed by atoms with Crippen LogP contribution in [0.15, 0.2) is 97.1 Å². The van der Waals surface area contributed by atoms with Crippen molar-refractivity contribution in [2.75, 3.05) is 13.1 Å². The number of aliphatic hydroxyl groups is 1. The average molecular weight is 1120 g/mol. The molecule has 0 radical (unpaired) electrons. The van der Waals surface area contributed by atoms with E-state index in [0.717, 1.165) is 33.4 Å². The highest BCUT2D eigenvalue weighted by molar-refractivity contribution is 5.93. The summed E-state index contributed by atoms with van der Waals surface area (Å²) < 4.78 is 17.6. The number of benzene rings is 4. The van der Waals surface area contributed by atoms with E-state index in [0.29, 0.717) is 50.3 Å². The number of aliphatic carboxylic acids is 1. The molecule has 19 heteroatoms. The maximum absolute atomic E-state index is 13.2. The number of ketones is 2. The number of rotatable bonds is 13. The Bertz CT molecular complexity index is 2860. The lowest BCUT2D eigenvalue weighted by atomic mass is 9.88. The summed E-state index contributed by atoms with van der Waals surface area (Å²) in [6.45, 7) is 18.2. The first-order chi connectivity index (χ1) is 38.4. The summed E-state index contributed by atoms with van der Waals surface area (Å²) in [6.07, 6.45) is -0.579. The van der Waals surface area contributed by atoms with Crippen LogP contribution in [0.2, 0.25) is 0 Å². The molecule has 0 aliphatic carbocycles. The summed E-state index contributed by atoms with van der Waals surface area (Å²) in [5, 5.41) is 27.2. The van der Waals surface area contributed by atoms with Crippen LogP contribution in [-0.2, 0) is 43.1 Å². The van der Waals surface area contributed by atoms with Gasteiger partial charge in [0, 0.05) is 37.8 Å². The fourth-order valence-corrected chi connectivity index (χ4v) is 9.76. The number of carbonyl (C=O) groups is 8. The van der Waals surface area contributed by atoms with Crippen LogP contribution >= 0.6 is 0 Å². The molecule has 81 heavy (non-hydrogen) atoms. The predicted molar refractivity (Wildman–Crippen MR) is 304 cm³/mol. The summed E-state index contributed by atoms with van der Waals surface area (Å²) in [4.78, 5) is 103. The summed E-state index contributed by atoms with van der Waals surface area (Å²) >= 11 is 0. The maximum atomic E-state index is 13.2. The van der Waals surface area contributed by atoms with Gasteiger partial charge in [-0.1, -0.05) is 88.4 Å². The Morgan fingerprint density at radius 2 is 1.37 bits per heavy atom. The molecule has 4 aliphatic heterocycles. The van der Waals surface area contributed by atoms with Crippen LogP contribution < -0.4 is 31.0 Å². The minimum absolute atomic E-state index is 0.00941. The minimum Gasteiger partial charge on any atom is -0.483 e. The second-order valence-electron chi connectivity index (χ2n) is 22.0. The van der Waals surface area contributed by atoms with Gasteiger partial charge in [-0.3, -0.25) is 48.4 Å². The number of fused-ring (bicyclic) bond motifs is 12. The molecule has 8 rings (SSSR count). The van der Waals surface area contributed by atoms with Crippen LogP contribution in [0.5, 0.6) is 11.5 Å². The SMILES string of the molecule is CC(C)C1CC(=O)[C@H](C)Oc2ccc(cc2)-c2cccc(c2)[C@@H](C)OC(=O)[C@@H]2CCCN(N2)C(=O)[C@H](C)NC1=O.CC(C)[C@H](CC(=O)[C@H](C)Oc1ccc(-c2cccc([C@@H](C)O)c2)cc1)C(=O)N[C@@H](C)C(=O)N1CCC[C@@H](C(=O)O)N1. The van der Waals surface area contributed by atoms with Gasteiger partial charge in [-0.05, 0) is 149 Å². The molecule has 2 saturated heterocycles. The summed E-state index contributed by atoms with van der Waals surface area (Å²) in [7, 11) is 0. The molecule has 4 amide bonds. The number of hydrogen-bond donors (Lipinski definition) is 6. The third-order valence-corrected chi connectivity index (χ3v) is 15.0. The van der Waals surface area contributed by atoms with Crippen molar-refractivity contribution >= 4 is 47.1 Å². The number of nitrogens with one attached hydrogen (secondary N) is 4. The molecular weight excluding hydrogens is 1040 g/mol. The van der Waals surface area contributed by atoms with Gasteiger partial charge in [0.05, 0.1) is 6.10 Å². The molecular formula is C62H80N6O13. The van der Waals surface area contributed by atoms with E-state index in [-0.39, 0.29) is 48.1 Å². The molecule has 2 fully saturated rings. The Morgan fingerprint density at radius 1 is 0.741 bits per heavy atom. The number of carboxylic acid groups (broad SMARTS) is 1. The molecule has 4 aliphatic rings. The maximum Gasteiger partial charge on any atom is 0.325 e. The van der Waals surface area contributed by atoms with E-state index in [4.69, 9.17) is 14.2 Å². The van der Waals surface area contributed by atoms with E-state index in [9.17, 15) is 48.6 Å². The van der Waals surface area contributed by atoms with Gasteiger partial charge in [0.2, 0.25) is 11.8 Å². The van der Waals surface area contributed by atoms with Crippen molar-refractivity contribution in [2.24, 2.45) is 23.7 Å². The van der Waals surface area contributed by atoms with Gasteiger partial charge in [-0.25, -0.2) is 10.9 Å². The Kier molecular flexibility index (Phi) is 22.3. The van der Waals surface area contributed by atoms with Gasteiger partial charge >= 0.3 is 11.9 Å². The van der Waals surface area contributed by atoms with Crippen molar-refractivity contribution in [2.45, 2.75) is 156 Å². The topological polar surface area (TPSA) is 259 Å². The predicted octanol–water partition coefficient (Wildman–Crippen LogP) is 7.46. The molecule has 0 aromatic heterocycles. The quantitative estimate of drug-likeness (QED) is 0.0710. The summed E-state index contributed by atoms with van der Waals surface area (Å²) in [5.74, 6) is -4.04. The first kappa shape index (κ1) is 62.7. The van der Waals surface area contributed by atoms with E-state index in [2.05, 4.69) is 21.5 Å². The van der Waals surface area contributed by atoms with Crippen LogP contribution in [0.3, 0.4) is 0 Å². The molecule has 6 bridgehead atoms. The lowest BCUT2D eigenvalue weighted by Gasteiger charge is -2.35. The van der Waals surface area contributed by atoms with Gasteiger partial charge in [0.25, 0.3) is 11.8 Å². The van der Waals surface area contributed by atoms with Crippen molar-refractivity contribution in [1.82, 2.24) is 31.5 Å². The Morgan fingerprint density at radius 3 is 2.00 bits per heavy atom. The van der Waals surface area contributed by atoms with Crippen molar-refractivity contribution < 1.29 is 62.8 Å². The third kappa shape index (κ3) is 17.3. The number of esters is 1. The Hall–Kier alpha value is -7.48. The highest BCUT2D eigenvalue weighted by Crippen LogP contribution is 2.30. The van der Waals surface area contributed by atoms with Gasteiger partial charge in [-0.15, -0.1) is 0 Å². The first-order valence-electron chi connectivity index (χ1n) is 28.1. The van der Waals surface area contributed by atoms with Crippen molar-refractivity contribution in [3.05, 3.63) is 108 Å². The Balaban J connectivity index is 0.000000261. The van der Waals surface area contributed by atoms with Crippen LogP contribution in [0.4, 0.5) is 0 Å². The number of nitrogens with zero attached hydrogens (tertiary/aromatic N) is 2. The van der Waals surface area contributed by atoms with Crippen molar-refractivity contribution in [1.29, 1.82) is 0 Å². The van der Waals surface area contributed by atoms with Crippen LogP contribution in [0, 0.1) is 23.7 Å². The summed E-state index contributed by atoms with van der Waals surface area (Å²) in [5.41, 5.74) is 11.1. The number of amides is 4. The molecule has 4 aromatic rings. The van der Waals surface area contributed by atoms with E-state index >= 15 is 0 Å². The van der Waals surface area contributed by atoms with Crippen molar-refractivity contribution in [3.63, 3.8) is 0 Å². The molecule has 1 unspecified atom stereocenters. The normalized spacial score (nSPS) is 22.5. The molecule has 436 valence electrons. The zero-order valence-corrected chi connectivity index (χ0v) is 48.1. The highest BCUT2D eigenvalue weighted by atomic mass is 16.5. The molecule has 10 atom stereocenters. The lowest BCUT2D eigenvalue weighted by Crippen LogP contribution is -2.59. The average Bonchev–Trinajstić information content (AvgIpc) is 3.46. The second-order valence-corrected chi connectivity index (χ2v) is 22.0. The van der Waals surface area contributed by atoms with E-state index < -0.39 is 84.2 Å². The van der Waals surface area contributed by atoms with Crippen molar-refractivity contribution in [3.8, 4) is 33.8 Å². The number of hydrogen-bond acceptors (Lipinski definition) is 14. The smallest absolute Gasteiger partial charge is 0.325 e. The molecule has 0 spiro atoms. The second kappa shape index (κ2) is 28.8. The number of carbonyl (C=O) groups excluding carboxylic acids is 7. The van der Waals surface area contributed by atoms with Gasteiger partial charge in [0.1, 0.15) is 41.8 Å². The number of ether oxygens (including phenoxy) is 3. The lowest BCUT2D eigenvalue weighted by molar-refractivity contribution is -0.157. The molecule has 6 N–H and O–H groups in total. The van der Waals surface area contributed by atoms with Crippen LogP contribution in [0.1, 0.15) is 131 Å². The fourth-order valence-electron chi connectivity index (χ4n) is 9.76. The van der Waals surface area contributed by atoms with E-state index in [1.807, 2.05) is 120 Å². The number of hydrazine groups is 2. The largest absolute Gasteiger partial charge is 0.483 e. The van der Waals surface area contributed by atoms with E-state index in [1.165, 1.54) is 10.0 Å². The number of Topliss-reactive ketones (excluding diaryl/α,β-unsaturated/α-hetero) is 2. The molecule has 4 heterocycles. The fraction of sp³-hybridized carbons (Fsp3) is 0.484. The minimum atomic E-state index is -1.03. The van der Waals surface area contributed by atoms with Gasteiger partial charge in [0.15, 0.2) is 23.8 Å². The van der Waals surface area contributed by atoms with Crippen LogP contribution in [-0.4, -0.2) is 117 Å². The number of carboxylic acids is 1. The zero-order valence-electron chi connectivity index (χ0n) is 48.1. The molecule has 19 nitrogen and oxygen atoms in total. The number of aliphatic hydroxyl groups excluding tert-OH is 1. The highest BCUT2D eigenvalue weighted by Gasteiger charge is 2.36. The van der Waals surface area contributed by atoms with E-state index in [1.54, 1.807) is 46.8 Å².